The first-order valence-electron chi connectivity index (χ1n) is 12.0. The van der Waals surface area contributed by atoms with E-state index < -0.39 is 0 Å². The van der Waals surface area contributed by atoms with Crippen molar-refractivity contribution < 1.29 is 9.47 Å². The van der Waals surface area contributed by atoms with E-state index in [0.717, 1.165) is 63.3 Å². The Morgan fingerprint density at radius 3 is 2.58 bits per heavy atom. The van der Waals surface area contributed by atoms with E-state index >= 15 is 0 Å². The number of nitrogens with zero attached hydrogens (tertiary/aromatic N) is 2. The van der Waals surface area contributed by atoms with Crippen LogP contribution in [0.15, 0.2) is 71.8 Å². The molecule has 0 unspecified atom stereocenters. The lowest BCUT2D eigenvalue weighted by molar-refractivity contribution is 0.408. The van der Waals surface area contributed by atoms with Gasteiger partial charge in [-0.05, 0) is 41.8 Å². The Morgan fingerprint density at radius 2 is 1.75 bits per heavy atom. The third-order valence-corrected chi connectivity index (χ3v) is 7.86. The Labute approximate surface area is 214 Å². The van der Waals surface area contributed by atoms with Crippen molar-refractivity contribution in [3.05, 3.63) is 98.9 Å². The molecule has 0 amide bonds. The van der Waals surface area contributed by atoms with E-state index in [1.54, 1.807) is 36.5 Å². The van der Waals surface area contributed by atoms with Crippen molar-refractivity contribution in [2.24, 2.45) is 0 Å². The molecule has 3 aromatic carbocycles. The van der Waals surface area contributed by atoms with Crippen LogP contribution >= 0.6 is 11.3 Å². The standard InChI is InChI=1S/C29H29N3O3S/c1-19-26(14-15-30-16-21-9-5-7-11-24(21)34-2)36-28-27(19)29(33)32(18-31-28)17-23-22-10-6-4-8-20(22)12-13-25(23)35-3/h4-13,18,30H,14-17H2,1-3H3. The maximum atomic E-state index is 13.5. The first-order valence-corrected chi connectivity index (χ1v) is 12.8. The average molecular weight is 500 g/mol. The third kappa shape index (κ3) is 4.59. The van der Waals surface area contributed by atoms with E-state index in [1.807, 2.05) is 49.4 Å². The summed E-state index contributed by atoms with van der Waals surface area (Å²) >= 11 is 1.60. The number of para-hydroxylation sites is 1. The minimum absolute atomic E-state index is 0.0167. The summed E-state index contributed by atoms with van der Waals surface area (Å²) in [7, 11) is 3.35. The van der Waals surface area contributed by atoms with Crippen molar-refractivity contribution >= 4 is 32.3 Å². The highest BCUT2D eigenvalue weighted by Crippen LogP contribution is 2.30. The molecule has 2 aromatic heterocycles. The number of ether oxygens (including phenoxy) is 2. The second kappa shape index (κ2) is 10.5. The molecule has 7 heteroatoms. The van der Waals surface area contributed by atoms with Crippen LogP contribution in [0.4, 0.5) is 0 Å². The molecule has 5 rings (SSSR count). The zero-order valence-corrected chi connectivity index (χ0v) is 21.5. The zero-order chi connectivity index (χ0) is 25.1. The normalized spacial score (nSPS) is 11.3. The van der Waals surface area contributed by atoms with Crippen LogP contribution in [0.25, 0.3) is 21.0 Å². The number of aryl methyl sites for hydroxylation is 1. The van der Waals surface area contributed by atoms with Gasteiger partial charge in [-0.1, -0.05) is 48.5 Å². The van der Waals surface area contributed by atoms with Gasteiger partial charge in [0.1, 0.15) is 16.3 Å². The van der Waals surface area contributed by atoms with Gasteiger partial charge in [-0.15, -0.1) is 11.3 Å². The molecule has 1 N–H and O–H groups in total. The van der Waals surface area contributed by atoms with Gasteiger partial charge < -0.3 is 14.8 Å². The summed E-state index contributed by atoms with van der Waals surface area (Å²) < 4.78 is 12.8. The topological polar surface area (TPSA) is 65.4 Å². The van der Waals surface area contributed by atoms with Crippen molar-refractivity contribution in [3.8, 4) is 11.5 Å². The predicted octanol–water partition coefficient (Wildman–Crippen LogP) is 5.32. The van der Waals surface area contributed by atoms with Crippen molar-refractivity contribution in [2.45, 2.75) is 26.4 Å². The quantitative estimate of drug-likeness (QED) is 0.278. The lowest BCUT2D eigenvalue weighted by Gasteiger charge is -2.13. The predicted molar refractivity (Wildman–Crippen MR) is 147 cm³/mol. The SMILES string of the molecule is COc1ccccc1CNCCc1sc2ncn(Cc3c(OC)ccc4ccccc34)c(=O)c2c1C. The molecule has 6 nitrogen and oxygen atoms in total. The maximum Gasteiger partial charge on any atom is 0.262 e. The maximum absolute atomic E-state index is 13.5. The Morgan fingerprint density at radius 1 is 0.972 bits per heavy atom. The van der Waals surface area contributed by atoms with E-state index in [0.29, 0.717) is 11.9 Å². The number of methoxy groups -OCH3 is 2. The monoisotopic (exact) mass is 499 g/mol. The first-order chi connectivity index (χ1) is 17.6. The summed E-state index contributed by atoms with van der Waals surface area (Å²) in [6, 6.07) is 20.2. The van der Waals surface area contributed by atoms with Gasteiger partial charge in [0.2, 0.25) is 0 Å². The van der Waals surface area contributed by atoms with Gasteiger partial charge in [0.25, 0.3) is 5.56 Å². The van der Waals surface area contributed by atoms with Gasteiger partial charge >= 0.3 is 0 Å². The minimum Gasteiger partial charge on any atom is -0.496 e. The highest BCUT2D eigenvalue weighted by Gasteiger charge is 2.16. The van der Waals surface area contributed by atoms with Crippen molar-refractivity contribution in [2.75, 3.05) is 20.8 Å². The van der Waals surface area contributed by atoms with Crippen molar-refractivity contribution in [1.29, 1.82) is 0 Å². The summed E-state index contributed by atoms with van der Waals surface area (Å²) in [4.78, 5) is 20.2. The minimum atomic E-state index is -0.0167. The number of aromatic nitrogens is 2. The molecule has 0 atom stereocenters. The van der Waals surface area contributed by atoms with E-state index in [4.69, 9.17) is 9.47 Å². The van der Waals surface area contributed by atoms with E-state index in [-0.39, 0.29) is 5.56 Å². The molecule has 5 aromatic rings. The fourth-order valence-corrected chi connectivity index (χ4v) is 5.81. The first kappa shape index (κ1) is 24.0. The Bertz CT molecular complexity index is 1590. The van der Waals surface area contributed by atoms with Gasteiger partial charge in [-0.3, -0.25) is 9.36 Å². The van der Waals surface area contributed by atoms with E-state index in [1.165, 1.54) is 4.88 Å². The van der Waals surface area contributed by atoms with Crippen LogP contribution in [0.3, 0.4) is 0 Å². The molecule has 0 spiro atoms. The summed E-state index contributed by atoms with van der Waals surface area (Å²) in [6.07, 6.45) is 2.49. The highest BCUT2D eigenvalue weighted by atomic mass is 32.1. The van der Waals surface area contributed by atoms with Crippen molar-refractivity contribution in [3.63, 3.8) is 0 Å². The number of hydrogen-bond acceptors (Lipinski definition) is 6. The summed E-state index contributed by atoms with van der Waals surface area (Å²) in [5, 5.41) is 6.40. The average Bonchev–Trinajstić information content (AvgIpc) is 3.24. The number of benzene rings is 3. The Hall–Kier alpha value is -3.68. The molecule has 36 heavy (non-hydrogen) atoms. The van der Waals surface area contributed by atoms with Crippen LogP contribution < -0.4 is 20.3 Å². The summed E-state index contributed by atoms with van der Waals surface area (Å²) in [5.41, 5.74) is 3.11. The number of fused-ring (bicyclic) bond motifs is 2. The summed E-state index contributed by atoms with van der Waals surface area (Å²) in [5.74, 6) is 1.65. The van der Waals surface area contributed by atoms with Crippen molar-refractivity contribution in [1.82, 2.24) is 14.9 Å². The molecule has 0 radical (unpaired) electrons. The Balaban J connectivity index is 1.38. The van der Waals surface area contributed by atoms with Crippen LogP contribution in [0.2, 0.25) is 0 Å². The number of hydrogen-bond donors (Lipinski definition) is 1. The lowest BCUT2D eigenvalue weighted by atomic mass is 10.0. The van der Waals surface area contributed by atoms with Gasteiger partial charge in [0.15, 0.2) is 0 Å². The van der Waals surface area contributed by atoms with Gasteiger partial charge in [-0.25, -0.2) is 4.98 Å². The molecule has 184 valence electrons. The largest absolute Gasteiger partial charge is 0.496 e. The zero-order valence-electron chi connectivity index (χ0n) is 20.7. The number of thiophene rings is 1. The number of nitrogens with one attached hydrogen (secondary N) is 1. The van der Waals surface area contributed by atoms with Gasteiger partial charge in [0, 0.05) is 29.1 Å². The van der Waals surface area contributed by atoms with Gasteiger partial charge in [-0.2, -0.15) is 0 Å². The molecule has 0 fully saturated rings. The van der Waals surface area contributed by atoms with Crippen LogP contribution in [0.5, 0.6) is 11.5 Å². The second-order valence-corrected chi connectivity index (χ2v) is 9.80. The van der Waals surface area contributed by atoms with Crippen LogP contribution in [0.1, 0.15) is 21.6 Å². The molecule has 2 heterocycles. The van der Waals surface area contributed by atoms with Crippen LogP contribution in [-0.2, 0) is 19.5 Å². The fourth-order valence-electron chi connectivity index (χ4n) is 4.67. The molecule has 0 aliphatic heterocycles. The van der Waals surface area contributed by atoms with E-state index in [2.05, 4.69) is 28.5 Å². The lowest BCUT2D eigenvalue weighted by Crippen LogP contribution is -2.21. The molecule has 0 aliphatic rings. The molecule has 0 saturated heterocycles. The van der Waals surface area contributed by atoms with Gasteiger partial charge in [0.05, 0.1) is 32.5 Å². The molecule has 0 saturated carbocycles. The smallest absolute Gasteiger partial charge is 0.262 e. The Kier molecular flexibility index (Phi) is 7.02. The molecule has 0 aliphatic carbocycles. The third-order valence-electron chi connectivity index (χ3n) is 6.60. The molecule has 0 bridgehead atoms. The molecular formula is C29H29N3O3S. The summed E-state index contributed by atoms with van der Waals surface area (Å²) in [6.45, 7) is 3.96. The highest BCUT2D eigenvalue weighted by molar-refractivity contribution is 7.18. The second-order valence-electron chi connectivity index (χ2n) is 8.71. The van der Waals surface area contributed by atoms with Crippen LogP contribution in [0, 0.1) is 6.92 Å². The van der Waals surface area contributed by atoms with E-state index in [9.17, 15) is 4.79 Å². The fraction of sp³-hybridized carbons (Fsp3) is 0.241. The molecular weight excluding hydrogens is 470 g/mol. The number of rotatable bonds is 9. The van der Waals surface area contributed by atoms with Crippen LogP contribution in [-0.4, -0.2) is 30.3 Å².